The third kappa shape index (κ3) is 4.85. The summed E-state index contributed by atoms with van der Waals surface area (Å²) in [5.41, 5.74) is 3.46. The number of carbonyl (C=O) groups is 1. The summed E-state index contributed by atoms with van der Waals surface area (Å²) < 4.78 is 0.764. The number of anilines is 2. The molecule has 0 bridgehead atoms. The molecule has 0 fully saturated rings. The van der Waals surface area contributed by atoms with E-state index in [2.05, 4.69) is 53.4 Å². The minimum absolute atomic E-state index is 0.0382. The van der Waals surface area contributed by atoms with Gasteiger partial charge >= 0.3 is 0 Å². The average molecular weight is 334 g/mol. The number of rotatable bonds is 7. The molecule has 1 amide bonds. The summed E-state index contributed by atoms with van der Waals surface area (Å²) >= 11 is 2.81. The zero-order valence-electron chi connectivity index (χ0n) is 12.5. The van der Waals surface area contributed by atoms with Gasteiger partial charge in [-0.15, -0.1) is 16.8 Å². The third-order valence-electron chi connectivity index (χ3n) is 2.93. The number of thioether (sulfide) groups is 1. The predicted octanol–water partition coefficient (Wildman–Crippen LogP) is 3.29. The van der Waals surface area contributed by atoms with Crippen molar-refractivity contribution in [1.82, 2.24) is 15.5 Å². The molecule has 22 heavy (non-hydrogen) atoms. The highest BCUT2D eigenvalue weighted by molar-refractivity contribution is 8.01. The lowest BCUT2D eigenvalue weighted by atomic mass is 10.1. The Morgan fingerprint density at radius 1 is 1.36 bits per heavy atom. The highest BCUT2D eigenvalue weighted by atomic mass is 32.2. The van der Waals surface area contributed by atoms with Gasteiger partial charge in [-0.1, -0.05) is 35.2 Å². The van der Waals surface area contributed by atoms with E-state index in [0.29, 0.717) is 12.3 Å². The van der Waals surface area contributed by atoms with Crippen molar-refractivity contribution in [3.05, 3.63) is 42.0 Å². The van der Waals surface area contributed by atoms with Gasteiger partial charge in [0, 0.05) is 12.2 Å². The summed E-state index contributed by atoms with van der Waals surface area (Å²) in [5.74, 6) is 0.287. The van der Waals surface area contributed by atoms with Crippen molar-refractivity contribution in [1.29, 1.82) is 0 Å². The van der Waals surface area contributed by atoms with Crippen LogP contribution >= 0.6 is 23.1 Å². The Balaban J connectivity index is 1.89. The summed E-state index contributed by atoms with van der Waals surface area (Å²) in [5, 5.41) is 14.8. The van der Waals surface area contributed by atoms with Crippen LogP contribution in [-0.2, 0) is 4.79 Å². The Morgan fingerprint density at radius 3 is 2.91 bits per heavy atom. The molecule has 0 unspecified atom stereocenters. The average Bonchev–Trinajstić information content (AvgIpc) is 2.94. The third-order valence-corrected chi connectivity index (χ3v) is 4.91. The number of aromatic nitrogens is 2. The molecule has 0 saturated carbocycles. The number of nitrogens with zero attached hydrogens (tertiary/aromatic N) is 2. The van der Waals surface area contributed by atoms with Gasteiger partial charge in [-0.3, -0.25) is 4.79 Å². The van der Waals surface area contributed by atoms with Gasteiger partial charge in [-0.25, -0.2) is 0 Å². The number of hydrogen-bond acceptors (Lipinski definition) is 6. The zero-order valence-corrected chi connectivity index (χ0v) is 14.2. The molecular formula is C15H18N4OS2. The number of hydrogen-bond donors (Lipinski definition) is 2. The fraction of sp³-hybridized carbons (Fsp3) is 0.267. The van der Waals surface area contributed by atoms with E-state index in [1.807, 2.05) is 6.07 Å². The lowest BCUT2D eigenvalue weighted by Gasteiger charge is -2.05. The van der Waals surface area contributed by atoms with E-state index >= 15 is 0 Å². The SMILES string of the molecule is C=CCNC(=O)CSc1nnc(Nc2ccc(C)c(C)c2)s1. The van der Waals surface area contributed by atoms with E-state index in [4.69, 9.17) is 0 Å². The van der Waals surface area contributed by atoms with Gasteiger partial charge in [0.25, 0.3) is 0 Å². The van der Waals surface area contributed by atoms with Crippen LogP contribution in [0.15, 0.2) is 35.2 Å². The van der Waals surface area contributed by atoms with Crippen LogP contribution in [0.3, 0.4) is 0 Å². The van der Waals surface area contributed by atoms with Gasteiger partial charge in [-0.2, -0.15) is 0 Å². The van der Waals surface area contributed by atoms with Gasteiger partial charge in [-0.05, 0) is 37.1 Å². The second-order valence-electron chi connectivity index (χ2n) is 4.68. The molecule has 2 N–H and O–H groups in total. The Kier molecular flexibility index (Phi) is 5.97. The topological polar surface area (TPSA) is 66.9 Å². The van der Waals surface area contributed by atoms with Gasteiger partial charge in [0.2, 0.25) is 11.0 Å². The molecule has 2 rings (SSSR count). The minimum atomic E-state index is -0.0382. The molecule has 1 aromatic heterocycles. The van der Waals surface area contributed by atoms with Gasteiger partial charge in [0.05, 0.1) is 5.75 Å². The molecule has 1 aromatic carbocycles. The maximum absolute atomic E-state index is 11.5. The van der Waals surface area contributed by atoms with Crippen LogP contribution in [0, 0.1) is 13.8 Å². The van der Waals surface area contributed by atoms with E-state index < -0.39 is 0 Å². The van der Waals surface area contributed by atoms with Crippen LogP contribution in [-0.4, -0.2) is 28.4 Å². The van der Waals surface area contributed by atoms with Gasteiger partial charge in [0.15, 0.2) is 4.34 Å². The van der Waals surface area contributed by atoms with E-state index in [0.717, 1.165) is 15.2 Å². The fourth-order valence-electron chi connectivity index (χ4n) is 1.63. The first-order valence-electron chi connectivity index (χ1n) is 6.76. The van der Waals surface area contributed by atoms with Gasteiger partial charge < -0.3 is 10.6 Å². The highest BCUT2D eigenvalue weighted by Crippen LogP contribution is 2.28. The molecule has 0 aliphatic carbocycles. The molecule has 5 nitrogen and oxygen atoms in total. The van der Waals surface area contributed by atoms with E-state index in [1.54, 1.807) is 6.08 Å². The van der Waals surface area contributed by atoms with Crippen LogP contribution in [0.1, 0.15) is 11.1 Å². The van der Waals surface area contributed by atoms with Crippen LogP contribution in [0.5, 0.6) is 0 Å². The summed E-state index contributed by atoms with van der Waals surface area (Å²) in [7, 11) is 0. The Hall–Kier alpha value is -1.86. The fourth-order valence-corrected chi connectivity index (χ4v) is 3.23. The van der Waals surface area contributed by atoms with Crippen molar-refractivity contribution >= 4 is 39.8 Å². The number of benzene rings is 1. The number of carbonyl (C=O) groups excluding carboxylic acids is 1. The van der Waals surface area contributed by atoms with Gasteiger partial charge in [0.1, 0.15) is 0 Å². The maximum Gasteiger partial charge on any atom is 0.230 e. The van der Waals surface area contributed by atoms with E-state index in [-0.39, 0.29) is 5.91 Å². The van der Waals surface area contributed by atoms with Crippen LogP contribution in [0.2, 0.25) is 0 Å². The second kappa shape index (κ2) is 7.95. The lowest BCUT2D eigenvalue weighted by Crippen LogP contribution is -2.24. The number of amides is 1. The largest absolute Gasteiger partial charge is 0.352 e. The predicted molar refractivity (Wildman–Crippen MR) is 93.0 cm³/mol. The quantitative estimate of drug-likeness (QED) is 0.601. The highest BCUT2D eigenvalue weighted by Gasteiger charge is 2.08. The summed E-state index contributed by atoms with van der Waals surface area (Å²) in [4.78, 5) is 11.5. The Morgan fingerprint density at radius 2 is 2.18 bits per heavy atom. The molecule has 1 heterocycles. The zero-order chi connectivity index (χ0) is 15.9. The monoisotopic (exact) mass is 334 g/mol. The molecule has 7 heteroatoms. The molecule has 0 atom stereocenters. The van der Waals surface area contributed by atoms with Crippen molar-refractivity contribution in [2.75, 3.05) is 17.6 Å². The first-order chi connectivity index (χ1) is 10.6. The smallest absolute Gasteiger partial charge is 0.230 e. The Labute approximate surface area is 138 Å². The van der Waals surface area contributed by atoms with E-state index in [1.165, 1.54) is 34.2 Å². The number of nitrogens with one attached hydrogen (secondary N) is 2. The number of aryl methyl sites for hydroxylation is 2. The van der Waals surface area contributed by atoms with Crippen LogP contribution < -0.4 is 10.6 Å². The Bertz CT molecular complexity index is 669. The second-order valence-corrected chi connectivity index (χ2v) is 6.88. The summed E-state index contributed by atoms with van der Waals surface area (Å²) in [6, 6.07) is 6.16. The van der Waals surface area contributed by atoms with Crippen molar-refractivity contribution in [2.45, 2.75) is 18.2 Å². The van der Waals surface area contributed by atoms with Crippen LogP contribution in [0.4, 0.5) is 10.8 Å². The summed E-state index contributed by atoms with van der Waals surface area (Å²) in [6.45, 7) is 8.19. The molecular weight excluding hydrogens is 316 g/mol. The normalized spacial score (nSPS) is 10.3. The standard InChI is InChI=1S/C15H18N4OS2/c1-4-7-16-13(20)9-21-15-19-18-14(22-15)17-12-6-5-10(2)11(3)8-12/h4-6,8H,1,7,9H2,2-3H3,(H,16,20)(H,17,18). The van der Waals surface area contributed by atoms with Crippen molar-refractivity contribution in [2.24, 2.45) is 0 Å². The minimum Gasteiger partial charge on any atom is -0.352 e. The first-order valence-corrected chi connectivity index (χ1v) is 8.57. The molecule has 0 aliphatic rings. The molecule has 0 radical (unpaired) electrons. The molecule has 0 spiro atoms. The van der Waals surface area contributed by atoms with Crippen molar-refractivity contribution < 1.29 is 4.79 Å². The first kappa shape index (κ1) is 16.5. The lowest BCUT2D eigenvalue weighted by molar-refractivity contribution is -0.118. The maximum atomic E-state index is 11.5. The van der Waals surface area contributed by atoms with Crippen molar-refractivity contribution in [3.8, 4) is 0 Å². The molecule has 0 aliphatic heterocycles. The van der Waals surface area contributed by atoms with Crippen molar-refractivity contribution in [3.63, 3.8) is 0 Å². The molecule has 2 aromatic rings. The van der Waals surface area contributed by atoms with Crippen LogP contribution in [0.25, 0.3) is 0 Å². The summed E-state index contributed by atoms with van der Waals surface area (Å²) in [6.07, 6.45) is 1.65. The van der Waals surface area contributed by atoms with E-state index in [9.17, 15) is 4.79 Å². The molecule has 116 valence electrons. The molecule has 0 saturated heterocycles.